The summed E-state index contributed by atoms with van der Waals surface area (Å²) in [5, 5.41) is 0. The maximum atomic E-state index is 6.36. The molecule has 0 aliphatic carbocycles. The third kappa shape index (κ3) is 12.8. The van der Waals surface area contributed by atoms with Crippen molar-refractivity contribution >= 4 is 0 Å². The molecule has 218 valence electrons. The highest BCUT2D eigenvalue weighted by molar-refractivity contribution is 5.55. The summed E-state index contributed by atoms with van der Waals surface area (Å²) in [6.45, 7) is 8.19. The molecule has 0 N–H and O–H groups in total. The third-order valence-corrected chi connectivity index (χ3v) is 7.77. The van der Waals surface area contributed by atoms with Crippen molar-refractivity contribution < 1.29 is 14.2 Å². The standard InChI is InChI=1S/C34H54N2O3/c1-4-6-8-9-10-11-12-13-17-29-25-35-34(36-26-29)30-19-21-31(22-20-30)38-27-32(24-28(3)16-7-5-2)39-33-18-14-15-23-37-33/h19-22,25-26,28,32-33H,4-18,23-24,27H2,1-3H3/t28-,32?,33+/m0/s1. The second kappa shape index (κ2) is 19.2. The van der Waals surface area contributed by atoms with Crippen molar-refractivity contribution in [3.63, 3.8) is 0 Å². The first-order valence-electron chi connectivity index (χ1n) is 16.0. The Morgan fingerprint density at radius 2 is 1.56 bits per heavy atom. The van der Waals surface area contributed by atoms with Gasteiger partial charge in [-0.25, -0.2) is 9.97 Å². The maximum absolute atomic E-state index is 6.36. The van der Waals surface area contributed by atoms with Gasteiger partial charge in [-0.3, -0.25) is 0 Å². The van der Waals surface area contributed by atoms with E-state index in [1.54, 1.807) is 0 Å². The fourth-order valence-electron chi connectivity index (χ4n) is 5.30. The van der Waals surface area contributed by atoms with E-state index in [0.29, 0.717) is 12.5 Å². The molecule has 0 amide bonds. The predicted octanol–water partition coefficient (Wildman–Crippen LogP) is 9.33. The van der Waals surface area contributed by atoms with Gasteiger partial charge in [0.05, 0.1) is 6.10 Å². The fraction of sp³-hybridized carbons (Fsp3) is 0.706. The van der Waals surface area contributed by atoms with E-state index in [9.17, 15) is 0 Å². The van der Waals surface area contributed by atoms with Crippen LogP contribution in [0.4, 0.5) is 0 Å². The van der Waals surface area contributed by atoms with Gasteiger partial charge in [0.25, 0.3) is 0 Å². The summed E-state index contributed by atoms with van der Waals surface area (Å²) in [4.78, 5) is 9.28. The van der Waals surface area contributed by atoms with Gasteiger partial charge >= 0.3 is 0 Å². The van der Waals surface area contributed by atoms with Crippen molar-refractivity contribution in [2.75, 3.05) is 13.2 Å². The summed E-state index contributed by atoms with van der Waals surface area (Å²) < 4.78 is 18.4. The van der Waals surface area contributed by atoms with Gasteiger partial charge in [-0.05, 0) is 74.3 Å². The van der Waals surface area contributed by atoms with Crippen molar-refractivity contribution in [3.8, 4) is 17.1 Å². The highest BCUT2D eigenvalue weighted by atomic mass is 16.7. The molecule has 1 fully saturated rings. The molecule has 39 heavy (non-hydrogen) atoms. The molecule has 1 saturated heterocycles. The molecule has 5 heteroatoms. The van der Waals surface area contributed by atoms with Gasteiger partial charge in [0.2, 0.25) is 0 Å². The molecule has 1 aromatic carbocycles. The lowest BCUT2D eigenvalue weighted by atomic mass is 9.97. The minimum absolute atomic E-state index is 0.0385. The molecule has 1 aromatic heterocycles. The molecular weight excluding hydrogens is 484 g/mol. The Morgan fingerprint density at radius 1 is 0.872 bits per heavy atom. The molecule has 3 atom stereocenters. The second-order valence-corrected chi connectivity index (χ2v) is 11.5. The monoisotopic (exact) mass is 538 g/mol. The Morgan fingerprint density at radius 3 is 2.23 bits per heavy atom. The quantitative estimate of drug-likeness (QED) is 0.157. The van der Waals surface area contributed by atoms with Crippen molar-refractivity contribution in [1.82, 2.24) is 9.97 Å². The lowest BCUT2D eigenvalue weighted by molar-refractivity contribution is -0.196. The number of aromatic nitrogens is 2. The largest absolute Gasteiger partial charge is 0.491 e. The molecule has 2 heterocycles. The van der Waals surface area contributed by atoms with Crippen LogP contribution in [-0.2, 0) is 15.9 Å². The summed E-state index contributed by atoms with van der Waals surface area (Å²) in [7, 11) is 0. The molecule has 5 nitrogen and oxygen atoms in total. The first-order chi connectivity index (χ1) is 19.2. The molecule has 2 aromatic rings. The van der Waals surface area contributed by atoms with Crippen LogP contribution in [-0.4, -0.2) is 35.6 Å². The van der Waals surface area contributed by atoms with Crippen molar-refractivity contribution in [3.05, 3.63) is 42.2 Å². The van der Waals surface area contributed by atoms with E-state index in [-0.39, 0.29) is 12.4 Å². The zero-order valence-corrected chi connectivity index (χ0v) is 25.0. The van der Waals surface area contributed by atoms with Crippen LogP contribution >= 0.6 is 0 Å². The first kappa shape index (κ1) is 31.5. The van der Waals surface area contributed by atoms with Crippen LogP contribution in [0.3, 0.4) is 0 Å². The minimum atomic E-state index is -0.0937. The van der Waals surface area contributed by atoms with E-state index in [2.05, 4.69) is 30.7 Å². The molecule has 3 rings (SSSR count). The van der Waals surface area contributed by atoms with Gasteiger partial charge in [0, 0.05) is 24.6 Å². The molecule has 0 bridgehead atoms. The highest BCUT2D eigenvalue weighted by Crippen LogP contribution is 2.24. The van der Waals surface area contributed by atoms with Gasteiger partial charge in [-0.2, -0.15) is 0 Å². The summed E-state index contributed by atoms with van der Waals surface area (Å²) in [6, 6.07) is 8.13. The van der Waals surface area contributed by atoms with Crippen LogP contribution in [0.15, 0.2) is 36.7 Å². The fourth-order valence-corrected chi connectivity index (χ4v) is 5.30. The second-order valence-electron chi connectivity index (χ2n) is 11.5. The zero-order chi connectivity index (χ0) is 27.5. The Bertz CT molecular complexity index is 865. The Labute approximate surface area is 238 Å². The first-order valence-corrected chi connectivity index (χ1v) is 16.0. The van der Waals surface area contributed by atoms with Gasteiger partial charge in [0.15, 0.2) is 12.1 Å². The lowest BCUT2D eigenvalue weighted by Gasteiger charge is -2.29. The van der Waals surface area contributed by atoms with Crippen molar-refractivity contribution in [2.45, 2.75) is 136 Å². The number of aryl methyl sites for hydroxylation is 1. The van der Waals surface area contributed by atoms with Crippen LogP contribution in [0.1, 0.15) is 123 Å². The SMILES string of the molecule is CCCCCCCCCCc1cnc(-c2ccc(OCC(C[C@@H](C)CCCC)O[C@@H]3CCCCO3)cc2)nc1. The van der Waals surface area contributed by atoms with Crippen LogP contribution < -0.4 is 4.74 Å². The molecule has 1 aliphatic heterocycles. The van der Waals surface area contributed by atoms with E-state index >= 15 is 0 Å². The number of unbranched alkanes of at least 4 members (excludes halogenated alkanes) is 8. The van der Waals surface area contributed by atoms with Gasteiger partial charge < -0.3 is 14.2 Å². The number of rotatable bonds is 20. The van der Waals surface area contributed by atoms with Crippen LogP contribution in [0, 0.1) is 5.92 Å². The summed E-state index contributed by atoms with van der Waals surface area (Å²) >= 11 is 0. The molecule has 0 saturated carbocycles. The number of benzene rings is 1. The number of hydrogen-bond acceptors (Lipinski definition) is 5. The van der Waals surface area contributed by atoms with Gasteiger partial charge in [-0.1, -0.05) is 85.0 Å². The topological polar surface area (TPSA) is 53.5 Å². The molecule has 0 spiro atoms. The normalized spacial score (nSPS) is 17.2. The van der Waals surface area contributed by atoms with E-state index in [0.717, 1.165) is 49.4 Å². The van der Waals surface area contributed by atoms with Crippen LogP contribution in [0.25, 0.3) is 11.4 Å². The summed E-state index contributed by atoms with van der Waals surface area (Å²) in [6.07, 6.45) is 23.7. The van der Waals surface area contributed by atoms with E-state index in [1.165, 1.54) is 82.6 Å². The van der Waals surface area contributed by atoms with E-state index in [1.807, 2.05) is 36.7 Å². The third-order valence-electron chi connectivity index (χ3n) is 7.77. The van der Waals surface area contributed by atoms with Gasteiger partial charge in [0.1, 0.15) is 12.4 Å². The maximum Gasteiger partial charge on any atom is 0.159 e. The predicted molar refractivity (Wildman–Crippen MR) is 161 cm³/mol. The summed E-state index contributed by atoms with van der Waals surface area (Å²) in [5.41, 5.74) is 2.24. The Hall–Kier alpha value is -1.98. The Kier molecular flexibility index (Phi) is 15.5. The van der Waals surface area contributed by atoms with Crippen molar-refractivity contribution in [1.29, 1.82) is 0 Å². The average molecular weight is 539 g/mol. The highest BCUT2D eigenvalue weighted by Gasteiger charge is 2.22. The van der Waals surface area contributed by atoms with Crippen LogP contribution in [0.2, 0.25) is 0 Å². The molecule has 1 aliphatic rings. The molecule has 0 radical (unpaired) electrons. The zero-order valence-electron chi connectivity index (χ0n) is 25.0. The van der Waals surface area contributed by atoms with Crippen LogP contribution in [0.5, 0.6) is 5.75 Å². The van der Waals surface area contributed by atoms with Crippen molar-refractivity contribution in [2.24, 2.45) is 5.92 Å². The van der Waals surface area contributed by atoms with E-state index in [4.69, 9.17) is 14.2 Å². The van der Waals surface area contributed by atoms with E-state index < -0.39 is 0 Å². The minimum Gasteiger partial charge on any atom is -0.491 e. The lowest BCUT2D eigenvalue weighted by Crippen LogP contribution is -2.32. The summed E-state index contributed by atoms with van der Waals surface area (Å²) in [5.74, 6) is 2.23. The molecule has 1 unspecified atom stereocenters. The molecular formula is C34H54N2O3. The average Bonchev–Trinajstić information content (AvgIpc) is 2.97. The smallest absolute Gasteiger partial charge is 0.159 e. The number of ether oxygens (including phenoxy) is 3. The number of hydrogen-bond donors (Lipinski definition) is 0. The number of nitrogens with zero attached hydrogens (tertiary/aromatic N) is 2. The van der Waals surface area contributed by atoms with Gasteiger partial charge in [-0.15, -0.1) is 0 Å². The Balaban J connectivity index is 1.43.